The zero-order chi connectivity index (χ0) is 19.8. The van der Waals surface area contributed by atoms with Crippen LogP contribution >= 0.6 is 24.8 Å². The van der Waals surface area contributed by atoms with Crippen molar-refractivity contribution in [3.05, 3.63) is 65.7 Å². The Morgan fingerprint density at radius 3 is 2.23 bits per heavy atom. The smallest absolute Gasteiger partial charge is 0.251 e. The van der Waals surface area contributed by atoms with Gasteiger partial charge in [-0.3, -0.25) is 9.59 Å². The third kappa shape index (κ3) is 7.95. The zero-order valence-electron chi connectivity index (χ0n) is 16.9. The molecule has 2 aromatic carbocycles. The first-order valence-corrected chi connectivity index (χ1v) is 9.83. The maximum atomic E-state index is 12.2. The second-order valence-corrected chi connectivity index (χ2v) is 7.15. The molecule has 3 rings (SSSR count). The van der Waals surface area contributed by atoms with Crippen LogP contribution in [0.25, 0.3) is 0 Å². The number of carbonyl (C=O) groups is 2. The summed E-state index contributed by atoms with van der Waals surface area (Å²) < 4.78 is 0. The number of rotatable bonds is 8. The molecule has 0 saturated carbocycles. The molecule has 164 valence electrons. The van der Waals surface area contributed by atoms with Gasteiger partial charge in [0.1, 0.15) is 0 Å². The lowest BCUT2D eigenvalue weighted by Gasteiger charge is -2.15. The maximum Gasteiger partial charge on any atom is 0.251 e. The minimum atomic E-state index is -0.346. The minimum Gasteiger partial charge on any atom is -0.351 e. The van der Waals surface area contributed by atoms with Crippen LogP contribution in [-0.2, 0) is 4.79 Å². The van der Waals surface area contributed by atoms with Crippen molar-refractivity contribution >= 4 is 42.3 Å². The van der Waals surface area contributed by atoms with Crippen LogP contribution < -0.4 is 16.4 Å². The molecule has 30 heavy (non-hydrogen) atoms. The number of nitrogens with one attached hydrogen (secondary N) is 2. The molecular weight excluding hydrogens is 423 g/mol. The van der Waals surface area contributed by atoms with Gasteiger partial charge >= 0.3 is 0 Å². The van der Waals surface area contributed by atoms with Gasteiger partial charge in [-0.05, 0) is 55.8 Å². The van der Waals surface area contributed by atoms with Crippen molar-refractivity contribution in [1.82, 2.24) is 10.2 Å². The normalized spacial score (nSPS) is 14.2. The molecule has 4 N–H and O–H groups in total. The summed E-state index contributed by atoms with van der Waals surface area (Å²) >= 11 is 0. The van der Waals surface area contributed by atoms with Crippen LogP contribution in [0.1, 0.15) is 41.2 Å². The van der Waals surface area contributed by atoms with Crippen LogP contribution in [0.15, 0.2) is 54.6 Å². The molecule has 8 heteroatoms. The highest BCUT2D eigenvalue weighted by atomic mass is 35.5. The van der Waals surface area contributed by atoms with Gasteiger partial charge in [-0.2, -0.15) is 0 Å². The Balaban J connectivity index is 0.00000225. The molecule has 1 aliphatic heterocycles. The van der Waals surface area contributed by atoms with Crippen LogP contribution in [0.2, 0.25) is 0 Å². The van der Waals surface area contributed by atoms with E-state index in [0.29, 0.717) is 17.8 Å². The van der Waals surface area contributed by atoms with E-state index in [1.54, 1.807) is 24.3 Å². The van der Waals surface area contributed by atoms with Crippen molar-refractivity contribution in [2.24, 2.45) is 5.73 Å². The number of nitrogens with two attached hydrogens (primary N) is 1. The second-order valence-electron chi connectivity index (χ2n) is 7.15. The van der Waals surface area contributed by atoms with Gasteiger partial charge in [0.25, 0.3) is 5.91 Å². The molecule has 0 bridgehead atoms. The number of halogens is 2. The number of hydrogen-bond donors (Lipinski definition) is 3. The Kier molecular flexibility index (Phi) is 11.4. The lowest BCUT2D eigenvalue weighted by atomic mass is 10.0. The van der Waals surface area contributed by atoms with Gasteiger partial charge in [0.05, 0.1) is 0 Å². The molecule has 0 aliphatic carbocycles. The lowest BCUT2D eigenvalue weighted by molar-refractivity contribution is -0.116. The highest BCUT2D eigenvalue weighted by Crippen LogP contribution is 2.15. The summed E-state index contributed by atoms with van der Waals surface area (Å²) in [5, 5.41) is 5.78. The largest absolute Gasteiger partial charge is 0.351 e. The lowest BCUT2D eigenvalue weighted by Crippen LogP contribution is -2.33. The van der Waals surface area contributed by atoms with Crippen LogP contribution in [0.4, 0.5) is 5.69 Å². The van der Waals surface area contributed by atoms with E-state index in [2.05, 4.69) is 15.5 Å². The predicted molar refractivity (Wildman–Crippen MR) is 126 cm³/mol. The Labute approximate surface area is 190 Å². The number of anilines is 1. The topological polar surface area (TPSA) is 87.5 Å². The van der Waals surface area contributed by atoms with Crippen LogP contribution in [-0.4, -0.2) is 42.9 Å². The first kappa shape index (κ1) is 25.9. The quantitative estimate of drug-likeness (QED) is 0.572. The molecular formula is C22H30Cl2N4O2. The number of hydrogen-bond acceptors (Lipinski definition) is 4. The fourth-order valence-corrected chi connectivity index (χ4v) is 3.37. The van der Waals surface area contributed by atoms with Crippen LogP contribution in [0.3, 0.4) is 0 Å². The third-order valence-corrected chi connectivity index (χ3v) is 4.98. The molecule has 0 aromatic heterocycles. The first-order chi connectivity index (χ1) is 13.6. The molecule has 1 saturated heterocycles. The zero-order valence-corrected chi connectivity index (χ0v) is 18.5. The summed E-state index contributed by atoms with van der Waals surface area (Å²) in [7, 11) is 0. The highest BCUT2D eigenvalue weighted by Gasteiger charge is 2.13. The van der Waals surface area contributed by atoms with Gasteiger partial charge in [0.2, 0.25) is 5.91 Å². The van der Waals surface area contributed by atoms with Gasteiger partial charge in [0.15, 0.2) is 0 Å². The summed E-state index contributed by atoms with van der Waals surface area (Å²) in [6, 6.07) is 16.1. The summed E-state index contributed by atoms with van der Waals surface area (Å²) in [6.07, 6.45) is 2.69. The van der Waals surface area contributed by atoms with E-state index < -0.39 is 0 Å². The maximum absolute atomic E-state index is 12.2. The number of benzene rings is 2. The molecule has 1 heterocycles. The Bertz CT molecular complexity index is 781. The summed E-state index contributed by atoms with van der Waals surface area (Å²) in [5.74, 6) is -0.248. The fraction of sp³-hybridized carbons (Fsp3) is 0.364. The minimum absolute atomic E-state index is 0. The van der Waals surface area contributed by atoms with E-state index in [0.717, 1.165) is 25.2 Å². The molecule has 1 fully saturated rings. The van der Waals surface area contributed by atoms with Gasteiger partial charge in [-0.15, -0.1) is 24.8 Å². The summed E-state index contributed by atoms with van der Waals surface area (Å²) in [5.41, 5.74) is 8.25. The SMILES string of the molecule is Cl.Cl.NC(CC(=O)Nc1ccc(C(=O)NCCN2CCCC2)cc1)c1ccccc1. The Morgan fingerprint density at radius 2 is 1.60 bits per heavy atom. The van der Waals surface area contributed by atoms with Crippen LogP contribution in [0, 0.1) is 0 Å². The van der Waals surface area contributed by atoms with Crippen LogP contribution in [0.5, 0.6) is 0 Å². The number of amides is 2. The molecule has 1 atom stereocenters. The Morgan fingerprint density at radius 1 is 0.967 bits per heavy atom. The van der Waals surface area contributed by atoms with Crippen molar-refractivity contribution < 1.29 is 9.59 Å². The molecule has 2 aromatic rings. The highest BCUT2D eigenvalue weighted by molar-refractivity contribution is 5.95. The monoisotopic (exact) mass is 452 g/mol. The van der Waals surface area contributed by atoms with Crippen molar-refractivity contribution in [2.75, 3.05) is 31.5 Å². The van der Waals surface area contributed by atoms with E-state index in [9.17, 15) is 9.59 Å². The fourth-order valence-electron chi connectivity index (χ4n) is 3.37. The average molecular weight is 453 g/mol. The summed E-state index contributed by atoms with van der Waals surface area (Å²) in [6.45, 7) is 3.78. The predicted octanol–water partition coefficient (Wildman–Crippen LogP) is 3.38. The molecule has 0 spiro atoms. The van der Waals surface area contributed by atoms with Crippen molar-refractivity contribution in [1.29, 1.82) is 0 Å². The first-order valence-electron chi connectivity index (χ1n) is 9.83. The molecule has 6 nitrogen and oxygen atoms in total. The van der Waals surface area contributed by atoms with Crippen molar-refractivity contribution in [3.8, 4) is 0 Å². The number of nitrogens with zero attached hydrogens (tertiary/aromatic N) is 1. The van der Waals surface area contributed by atoms with Crippen molar-refractivity contribution in [3.63, 3.8) is 0 Å². The van der Waals surface area contributed by atoms with Gasteiger partial charge < -0.3 is 21.3 Å². The Hall–Kier alpha value is -2.12. The average Bonchev–Trinajstić information content (AvgIpc) is 3.22. The van der Waals surface area contributed by atoms with E-state index in [4.69, 9.17) is 5.73 Å². The second kappa shape index (κ2) is 13.2. The standard InChI is InChI=1S/C22H28N4O2.2ClH/c23-20(17-6-2-1-3-7-17)16-21(27)25-19-10-8-18(9-11-19)22(28)24-12-15-26-13-4-5-14-26;;/h1-3,6-11,20H,4-5,12-16,23H2,(H,24,28)(H,25,27);2*1H. The van der Waals surface area contributed by atoms with Gasteiger partial charge in [-0.1, -0.05) is 30.3 Å². The van der Waals surface area contributed by atoms with Gasteiger partial charge in [0, 0.05) is 36.8 Å². The number of likely N-dealkylation sites (tertiary alicyclic amines) is 1. The molecule has 0 radical (unpaired) electrons. The summed E-state index contributed by atoms with van der Waals surface area (Å²) in [4.78, 5) is 26.8. The third-order valence-electron chi connectivity index (χ3n) is 4.98. The van der Waals surface area contributed by atoms with Gasteiger partial charge in [-0.25, -0.2) is 0 Å². The molecule has 1 unspecified atom stereocenters. The van der Waals surface area contributed by atoms with E-state index in [1.807, 2.05) is 30.3 Å². The number of carbonyl (C=O) groups excluding carboxylic acids is 2. The van der Waals surface area contributed by atoms with E-state index in [1.165, 1.54) is 12.8 Å². The molecule has 2 amide bonds. The van der Waals surface area contributed by atoms with E-state index >= 15 is 0 Å². The van der Waals surface area contributed by atoms with Crippen molar-refractivity contribution in [2.45, 2.75) is 25.3 Å². The molecule has 1 aliphatic rings. The van der Waals surface area contributed by atoms with E-state index in [-0.39, 0.29) is 49.1 Å².